The van der Waals surface area contributed by atoms with E-state index < -0.39 is 17.5 Å². The lowest BCUT2D eigenvalue weighted by atomic mass is 10.1. The molecule has 0 saturated heterocycles. The molecule has 1 amide bonds. The molecule has 100 valence electrons. The number of rotatable bonds is 4. The molecule has 1 rings (SSSR count). The lowest BCUT2D eigenvalue weighted by Crippen LogP contribution is -2.40. The Balaban J connectivity index is 2.94. The Morgan fingerprint density at radius 2 is 1.94 bits per heavy atom. The van der Waals surface area contributed by atoms with Crippen molar-refractivity contribution >= 4 is 29.1 Å². The molecule has 0 aliphatic heterocycles. The summed E-state index contributed by atoms with van der Waals surface area (Å²) in [6.07, 6.45) is 0. The van der Waals surface area contributed by atoms with Crippen molar-refractivity contribution in [3.63, 3.8) is 0 Å². The van der Waals surface area contributed by atoms with E-state index in [2.05, 4.69) is 5.32 Å². The first kappa shape index (κ1) is 15.2. The van der Waals surface area contributed by atoms with E-state index in [4.69, 9.17) is 23.2 Å². The number of halogens is 4. The standard InChI is InChI=1S/C12H13Cl2F2NO/c1-6(2)11(5-13)17-12(18)7-3-10(16)8(14)4-9(7)15/h3-4,6,11H,5H2,1-2H3,(H,17,18). The fourth-order valence-corrected chi connectivity index (χ4v) is 1.91. The number of hydrogen-bond donors (Lipinski definition) is 1. The first-order valence-corrected chi connectivity index (χ1v) is 6.29. The summed E-state index contributed by atoms with van der Waals surface area (Å²) < 4.78 is 26.7. The van der Waals surface area contributed by atoms with Crippen LogP contribution >= 0.6 is 23.2 Å². The van der Waals surface area contributed by atoms with Gasteiger partial charge in [-0.3, -0.25) is 4.79 Å². The van der Waals surface area contributed by atoms with Gasteiger partial charge in [0.05, 0.1) is 10.6 Å². The maximum atomic E-state index is 13.5. The summed E-state index contributed by atoms with van der Waals surface area (Å²) in [4.78, 5) is 11.8. The van der Waals surface area contributed by atoms with E-state index in [1.165, 1.54) is 0 Å². The molecule has 1 atom stereocenters. The number of amides is 1. The molecule has 0 aromatic heterocycles. The predicted octanol–water partition coefficient (Wildman–Crippen LogP) is 3.61. The summed E-state index contributed by atoms with van der Waals surface area (Å²) in [6, 6.07) is 1.24. The minimum Gasteiger partial charge on any atom is -0.348 e. The smallest absolute Gasteiger partial charge is 0.254 e. The minimum atomic E-state index is -0.865. The Bertz CT molecular complexity index is 452. The first-order valence-electron chi connectivity index (χ1n) is 5.38. The Labute approximate surface area is 114 Å². The second-order valence-corrected chi connectivity index (χ2v) is 4.94. The van der Waals surface area contributed by atoms with Gasteiger partial charge in [0.25, 0.3) is 5.91 Å². The van der Waals surface area contributed by atoms with Crippen molar-refractivity contribution in [2.24, 2.45) is 5.92 Å². The molecule has 1 unspecified atom stereocenters. The second kappa shape index (κ2) is 6.34. The normalized spacial score (nSPS) is 12.6. The Morgan fingerprint density at radius 1 is 1.33 bits per heavy atom. The molecule has 0 heterocycles. The quantitative estimate of drug-likeness (QED) is 0.667. The van der Waals surface area contributed by atoms with Crippen LogP contribution in [-0.4, -0.2) is 17.8 Å². The van der Waals surface area contributed by atoms with Gasteiger partial charge in [0.2, 0.25) is 0 Å². The van der Waals surface area contributed by atoms with Gasteiger partial charge in [0.1, 0.15) is 11.6 Å². The van der Waals surface area contributed by atoms with Gasteiger partial charge in [-0.15, -0.1) is 11.6 Å². The van der Waals surface area contributed by atoms with E-state index in [-0.39, 0.29) is 28.4 Å². The van der Waals surface area contributed by atoms with Crippen molar-refractivity contribution in [2.75, 3.05) is 5.88 Å². The van der Waals surface area contributed by atoms with Gasteiger partial charge in [-0.05, 0) is 18.1 Å². The molecule has 6 heteroatoms. The first-order chi connectivity index (χ1) is 8.36. The van der Waals surface area contributed by atoms with Crippen molar-refractivity contribution < 1.29 is 13.6 Å². The van der Waals surface area contributed by atoms with E-state index in [0.29, 0.717) is 0 Å². The van der Waals surface area contributed by atoms with Crippen molar-refractivity contribution in [1.82, 2.24) is 5.32 Å². The van der Waals surface area contributed by atoms with Gasteiger partial charge in [-0.25, -0.2) is 8.78 Å². The van der Waals surface area contributed by atoms with Gasteiger partial charge < -0.3 is 5.32 Å². The van der Waals surface area contributed by atoms with Crippen LogP contribution in [0.25, 0.3) is 0 Å². The topological polar surface area (TPSA) is 29.1 Å². The summed E-state index contributed by atoms with van der Waals surface area (Å²) in [5.41, 5.74) is -0.382. The zero-order chi connectivity index (χ0) is 13.9. The van der Waals surface area contributed by atoms with Gasteiger partial charge in [-0.1, -0.05) is 25.4 Å². The molecule has 0 saturated carbocycles. The summed E-state index contributed by atoms with van der Waals surface area (Å²) in [6.45, 7) is 3.73. The molecule has 1 N–H and O–H groups in total. The van der Waals surface area contributed by atoms with Gasteiger partial charge in [-0.2, -0.15) is 0 Å². The lowest BCUT2D eigenvalue weighted by Gasteiger charge is -2.19. The van der Waals surface area contributed by atoms with Crippen molar-refractivity contribution in [3.05, 3.63) is 34.4 Å². The van der Waals surface area contributed by atoms with Crippen molar-refractivity contribution in [3.8, 4) is 0 Å². The van der Waals surface area contributed by atoms with E-state index >= 15 is 0 Å². The molecule has 1 aromatic rings. The molecular weight excluding hydrogens is 283 g/mol. The largest absolute Gasteiger partial charge is 0.348 e. The molecule has 0 aliphatic rings. The summed E-state index contributed by atoms with van der Waals surface area (Å²) >= 11 is 11.1. The minimum absolute atomic E-state index is 0.0895. The molecule has 1 aromatic carbocycles. The van der Waals surface area contributed by atoms with Crippen LogP contribution in [0.5, 0.6) is 0 Å². The number of carbonyl (C=O) groups excluding carboxylic acids is 1. The Kier molecular flexibility index (Phi) is 5.35. The number of alkyl halides is 1. The predicted molar refractivity (Wildman–Crippen MR) is 68.2 cm³/mol. The maximum absolute atomic E-state index is 13.5. The zero-order valence-corrected chi connectivity index (χ0v) is 11.4. The fourth-order valence-electron chi connectivity index (χ4n) is 1.33. The molecule has 0 bridgehead atoms. The van der Waals surface area contributed by atoms with Gasteiger partial charge >= 0.3 is 0 Å². The van der Waals surface area contributed by atoms with E-state index in [9.17, 15) is 13.6 Å². The lowest BCUT2D eigenvalue weighted by molar-refractivity contribution is 0.0926. The highest BCUT2D eigenvalue weighted by Gasteiger charge is 2.20. The number of nitrogens with one attached hydrogen (secondary N) is 1. The van der Waals surface area contributed by atoms with Gasteiger partial charge in [0.15, 0.2) is 0 Å². The van der Waals surface area contributed by atoms with E-state index in [1.54, 1.807) is 0 Å². The third-order valence-corrected chi connectivity index (χ3v) is 3.16. The number of carbonyl (C=O) groups is 1. The average Bonchev–Trinajstić information content (AvgIpc) is 2.29. The SMILES string of the molecule is CC(C)C(CCl)NC(=O)c1cc(F)c(Cl)cc1F. The molecular formula is C12H13Cl2F2NO. The highest BCUT2D eigenvalue weighted by molar-refractivity contribution is 6.30. The average molecular weight is 296 g/mol. The van der Waals surface area contributed by atoms with Crippen LogP contribution in [0.3, 0.4) is 0 Å². The molecule has 0 radical (unpaired) electrons. The van der Waals surface area contributed by atoms with Crippen LogP contribution < -0.4 is 5.32 Å². The summed E-state index contributed by atoms with van der Waals surface area (Å²) in [5.74, 6) is -2.12. The summed E-state index contributed by atoms with van der Waals surface area (Å²) in [7, 11) is 0. The summed E-state index contributed by atoms with van der Waals surface area (Å²) in [5, 5.41) is 2.19. The van der Waals surface area contributed by atoms with Crippen molar-refractivity contribution in [1.29, 1.82) is 0 Å². The molecule has 2 nitrogen and oxygen atoms in total. The van der Waals surface area contributed by atoms with Crippen LogP contribution in [0.2, 0.25) is 5.02 Å². The van der Waals surface area contributed by atoms with E-state index in [1.807, 2.05) is 13.8 Å². The van der Waals surface area contributed by atoms with Crippen LogP contribution in [0.15, 0.2) is 12.1 Å². The van der Waals surface area contributed by atoms with Crippen molar-refractivity contribution in [2.45, 2.75) is 19.9 Å². The monoisotopic (exact) mass is 295 g/mol. The highest BCUT2D eigenvalue weighted by atomic mass is 35.5. The fraction of sp³-hybridized carbons (Fsp3) is 0.417. The molecule has 0 aliphatic carbocycles. The molecule has 18 heavy (non-hydrogen) atoms. The van der Waals surface area contributed by atoms with Crippen LogP contribution in [-0.2, 0) is 0 Å². The third-order valence-electron chi connectivity index (χ3n) is 2.54. The highest BCUT2D eigenvalue weighted by Crippen LogP contribution is 2.19. The second-order valence-electron chi connectivity index (χ2n) is 4.22. The molecule has 0 fully saturated rings. The number of hydrogen-bond acceptors (Lipinski definition) is 1. The van der Waals surface area contributed by atoms with Crippen LogP contribution in [0.4, 0.5) is 8.78 Å². The zero-order valence-electron chi connectivity index (χ0n) is 9.94. The Hall–Kier alpha value is -0.870. The Morgan fingerprint density at radius 3 is 2.44 bits per heavy atom. The maximum Gasteiger partial charge on any atom is 0.254 e. The third kappa shape index (κ3) is 3.56. The molecule has 0 spiro atoms. The van der Waals surface area contributed by atoms with E-state index in [0.717, 1.165) is 12.1 Å². The van der Waals surface area contributed by atoms with Gasteiger partial charge in [0, 0.05) is 11.9 Å². The van der Waals surface area contributed by atoms with Crippen LogP contribution in [0.1, 0.15) is 24.2 Å². The van der Waals surface area contributed by atoms with Crippen LogP contribution in [0, 0.1) is 17.6 Å². The number of benzene rings is 1.